The van der Waals surface area contributed by atoms with Crippen molar-refractivity contribution in [1.82, 2.24) is 19.4 Å². The molecule has 0 aliphatic carbocycles. The summed E-state index contributed by atoms with van der Waals surface area (Å²) in [4.78, 5) is 39.7. The molecule has 11 nitrogen and oxygen atoms in total. The van der Waals surface area contributed by atoms with E-state index in [0.29, 0.717) is 29.8 Å². The number of nitriles is 1. The minimum absolute atomic E-state index is 0.0808. The van der Waals surface area contributed by atoms with E-state index in [1.165, 1.54) is 21.6 Å². The van der Waals surface area contributed by atoms with E-state index in [1.54, 1.807) is 37.9 Å². The van der Waals surface area contributed by atoms with Gasteiger partial charge in [0, 0.05) is 44.4 Å². The Kier molecular flexibility index (Phi) is 9.68. The Bertz CT molecular complexity index is 1950. The topological polar surface area (TPSA) is 145 Å². The van der Waals surface area contributed by atoms with E-state index >= 15 is 8.78 Å². The summed E-state index contributed by atoms with van der Waals surface area (Å²) < 4.78 is 38.0. The van der Waals surface area contributed by atoms with Gasteiger partial charge in [0.2, 0.25) is 0 Å². The number of phenols is 1. The first-order valence-electron chi connectivity index (χ1n) is 15.8. The number of aliphatic hydroxyl groups is 1. The van der Waals surface area contributed by atoms with Crippen molar-refractivity contribution in [2.24, 2.45) is 0 Å². The van der Waals surface area contributed by atoms with Crippen molar-refractivity contribution < 1.29 is 28.5 Å². The lowest BCUT2D eigenvalue weighted by molar-refractivity contribution is 0.0240. The fourth-order valence-electron chi connectivity index (χ4n) is 5.93. The van der Waals surface area contributed by atoms with Crippen LogP contribution in [-0.4, -0.2) is 74.1 Å². The SMILES string of the molecule is CC(C)c1nccc(CCCO)c1-n1c(=O)c(C#N)c(N2CCN(C(=O)OC(C)(C)C)CC2)c2cc(F)c(-c3c(O)cccc3F)nc21. The molecule has 5 rings (SSSR count). The molecule has 4 aromatic rings. The maximum atomic E-state index is 16.1. The number of ether oxygens (including phenoxy) is 1. The van der Waals surface area contributed by atoms with Crippen LogP contribution in [0.2, 0.25) is 0 Å². The van der Waals surface area contributed by atoms with Crippen molar-refractivity contribution in [3.05, 3.63) is 75.3 Å². The second-order valence-corrected chi connectivity index (χ2v) is 12.9. The number of rotatable bonds is 7. The molecule has 3 aromatic heterocycles. The fourth-order valence-corrected chi connectivity index (χ4v) is 5.93. The number of aryl methyl sites for hydroxylation is 1. The smallest absolute Gasteiger partial charge is 0.410 e. The van der Waals surface area contributed by atoms with Gasteiger partial charge in [-0.05, 0) is 69.4 Å². The number of aromatic hydroxyl groups is 1. The second-order valence-electron chi connectivity index (χ2n) is 12.9. The van der Waals surface area contributed by atoms with E-state index in [1.807, 2.05) is 19.9 Å². The van der Waals surface area contributed by atoms with Crippen LogP contribution in [0.3, 0.4) is 0 Å². The molecule has 1 amide bonds. The molecule has 1 aliphatic rings. The average Bonchev–Trinajstić information content (AvgIpc) is 3.03. The number of anilines is 1. The molecule has 0 bridgehead atoms. The van der Waals surface area contributed by atoms with Crippen LogP contribution in [0.1, 0.15) is 63.8 Å². The van der Waals surface area contributed by atoms with Gasteiger partial charge in [0.05, 0.1) is 22.6 Å². The van der Waals surface area contributed by atoms with Crippen LogP contribution >= 0.6 is 0 Å². The molecule has 2 N–H and O–H groups in total. The number of fused-ring (bicyclic) bond motifs is 1. The predicted octanol–water partition coefficient (Wildman–Crippen LogP) is 5.41. The number of benzene rings is 1. The quantitative estimate of drug-likeness (QED) is 0.266. The Hall–Kier alpha value is -5.09. The summed E-state index contributed by atoms with van der Waals surface area (Å²) in [5.74, 6) is -2.66. The lowest BCUT2D eigenvalue weighted by atomic mass is 9.99. The number of hydrogen-bond acceptors (Lipinski definition) is 9. The lowest BCUT2D eigenvalue weighted by Gasteiger charge is -2.37. The van der Waals surface area contributed by atoms with Gasteiger partial charge < -0.3 is 24.7 Å². The maximum absolute atomic E-state index is 16.1. The van der Waals surface area contributed by atoms with E-state index in [0.717, 1.165) is 12.1 Å². The molecule has 13 heteroatoms. The van der Waals surface area contributed by atoms with Crippen molar-refractivity contribution >= 4 is 22.8 Å². The van der Waals surface area contributed by atoms with Gasteiger partial charge in [0.15, 0.2) is 11.5 Å². The molecule has 48 heavy (non-hydrogen) atoms. The zero-order chi connectivity index (χ0) is 34.9. The molecular weight excluding hydrogens is 622 g/mol. The second kappa shape index (κ2) is 13.6. The number of carbonyl (C=O) groups is 1. The number of piperazine rings is 1. The number of carbonyl (C=O) groups excluding carboxylic acids is 1. The Balaban J connectivity index is 1.82. The Morgan fingerprint density at radius 1 is 1.10 bits per heavy atom. The van der Waals surface area contributed by atoms with Crippen LogP contribution < -0.4 is 10.5 Å². The minimum Gasteiger partial charge on any atom is -0.507 e. The molecule has 1 aromatic carbocycles. The molecule has 1 aliphatic heterocycles. The summed E-state index contributed by atoms with van der Waals surface area (Å²) >= 11 is 0. The number of aromatic nitrogens is 3. The molecule has 1 saturated heterocycles. The molecule has 0 radical (unpaired) electrons. The van der Waals surface area contributed by atoms with Crippen molar-refractivity contribution in [3.8, 4) is 28.8 Å². The van der Waals surface area contributed by atoms with E-state index in [2.05, 4.69) is 9.97 Å². The third-order valence-electron chi connectivity index (χ3n) is 8.08. The van der Waals surface area contributed by atoms with E-state index in [-0.39, 0.29) is 61.0 Å². The minimum atomic E-state index is -0.985. The molecule has 0 spiro atoms. The van der Waals surface area contributed by atoms with Crippen LogP contribution in [0.4, 0.5) is 19.3 Å². The highest BCUT2D eigenvalue weighted by atomic mass is 19.1. The van der Waals surface area contributed by atoms with E-state index < -0.39 is 45.9 Å². The van der Waals surface area contributed by atoms with Crippen LogP contribution in [0.25, 0.3) is 28.0 Å². The predicted molar refractivity (Wildman–Crippen MR) is 176 cm³/mol. The standard InChI is InChI=1S/C35H38F2N6O5/c1-20(2)28-30(21(8-7-17-44)11-12-39-28)43-32-22(18-25(37)29(40-32)27-24(36)9-6-10-26(27)45)31(23(19-38)33(43)46)41-13-15-42(16-14-41)34(47)48-35(3,4)5/h6,9-12,18,20,44-45H,7-8,13-17H2,1-5H3. The average molecular weight is 661 g/mol. The number of pyridine rings is 3. The Morgan fingerprint density at radius 3 is 2.42 bits per heavy atom. The fraction of sp³-hybridized carbons (Fsp3) is 0.400. The van der Waals surface area contributed by atoms with Crippen molar-refractivity contribution in [1.29, 1.82) is 5.26 Å². The number of amides is 1. The van der Waals surface area contributed by atoms with Crippen LogP contribution in [-0.2, 0) is 11.2 Å². The van der Waals surface area contributed by atoms with Crippen LogP contribution in [0.15, 0.2) is 41.3 Å². The molecular formula is C35H38F2N6O5. The van der Waals surface area contributed by atoms with Crippen molar-refractivity contribution in [2.45, 2.75) is 59.0 Å². The van der Waals surface area contributed by atoms with Gasteiger partial charge in [-0.15, -0.1) is 0 Å². The third kappa shape index (κ3) is 6.53. The Labute approximate surface area is 276 Å². The van der Waals surface area contributed by atoms with E-state index in [9.17, 15) is 25.1 Å². The maximum Gasteiger partial charge on any atom is 0.410 e. The van der Waals surface area contributed by atoms with E-state index in [4.69, 9.17) is 4.74 Å². The highest BCUT2D eigenvalue weighted by Crippen LogP contribution is 2.38. The first-order valence-corrected chi connectivity index (χ1v) is 15.8. The summed E-state index contributed by atoms with van der Waals surface area (Å²) in [6.45, 7) is 9.72. The highest BCUT2D eigenvalue weighted by Gasteiger charge is 2.32. The number of hydrogen-bond donors (Lipinski definition) is 2. The zero-order valence-corrected chi connectivity index (χ0v) is 27.5. The van der Waals surface area contributed by atoms with Crippen molar-refractivity contribution in [2.75, 3.05) is 37.7 Å². The summed E-state index contributed by atoms with van der Waals surface area (Å²) in [5, 5.41) is 30.8. The van der Waals surface area contributed by atoms with Gasteiger partial charge in [-0.2, -0.15) is 5.26 Å². The summed E-state index contributed by atoms with van der Waals surface area (Å²) in [6.07, 6.45) is 1.81. The van der Waals surface area contributed by atoms with Gasteiger partial charge in [-0.3, -0.25) is 14.3 Å². The third-order valence-corrected chi connectivity index (χ3v) is 8.08. The van der Waals surface area contributed by atoms with Crippen LogP contribution in [0.5, 0.6) is 5.75 Å². The van der Waals surface area contributed by atoms with Crippen LogP contribution in [0, 0.1) is 23.0 Å². The van der Waals surface area contributed by atoms with Crippen molar-refractivity contribution in [3.63, 3.8) is 0 Å². The van der Waals surface area contributed by atoms with Gasteiger partial charge in [0.25, 0.3) is 5.56 Å². The molecule has 0 unspecified atom stereocenters. The summed E-state index contributed by atoms with van der Waals surface area (Å²) in [7, 11) is 0. The first-order chi connectivity index (χ1) is 22.8. The first kappa shape index (κ1) is 34.3. The molecule has 252 valence electrons. The summed E-state index contributed by atoms with van der Waals surface area (Å²) in [5.41, 5.74) is -1.23. The number of nitrogens with zero attached hydrogens (tertiary/aromatic N) is 6. The molecule has 0 saturated carbocycles. The molecule has 1 fully saturated rings. The number of phenolic OH excluding ortho intramolecular Hbond substituents is 1. The zero-order valence-electron chi connectivity index (χ0n) is 27.5. The van der Waals surface area contributed by atoms with Gasteiger partial charge in [-0.1, -0.05) is 19.9 Å². The monoisotopic (exact) mass is 660 g/mol. The normalized spacial score (nSPS) is 13.7. The lowest BCUT2D eigenvalue weighted by Crippen LogP contribution is -2.50. The molecule has 4 heterocycles. The molecule has 0 atom stereocenters. The van der Waals surface area contributed by atoms with Gasteiger partial charge in [0.1, 0.15) is 34.5 Å². The summed E-state index contributed by atoms with van der Waals surface area (Å²) in [6, 6.07) is 8.37. The number of halogens is 2. The van der Waals surface area contributed by atoms with Gasteiger partial charge in [-0.25, -0.2) is 18.6 Å². The largest absolute Gasteiger partial charge is 0.507 e. The van der Waals surface area contributed by atoms with Gasteiger partial charge >= 0.3 is 6.09 Å². The number of aliphatic hydroxyl groups excluding tert-OH is 1. The Morgan fingerprint density at radius 2 is 1.81 bits per heavy atom. The highest BCUT2D eigenvalue weighted by molar-refractivity contribution is 5.95.